The first-order valence-electron chi connectivity index (χ1n) is 6.60. The summed E-state index contributed by atoms with van der Waals surface area (Å²) in [6, 6.07) is 4.07. The van der Waals surface area contributed by atoms with Crippen molar-refractivity contribution >= 4 is 17.3 Å². The Balaban J connectivity index is 2.11. The SMILES string of the molecule is COCCCCCNCc1ccc(CC(=O)OC)s1. The summed E-state index contributed by atoms with van der Waals surface area (Å²) >= 11 is 1.67. The first kappa shape index (κ1) is 16.1. The van der Waals surface area contributed by atoms with E-state index in [0.29, 0.717) is 6.42 Å². The van der Waals surface area contributed by atoms with Crippen molar-refractivity contribution in [2.45, 2.75) is 32.2 Å². The zero-order valence-electron chi connectivity index (χ0n) is 11.7. The van der Waals surface area contributed by atoms with E-state index in [2.05, 4.69) is 16.1 Å². The predicted molar refractivity (Wildman–Crippen MR) is 77.5 cm³/mol. The summed E-state index contributed by atoms with van der Waals surface area (Å²) < 4.78 is 9.66. The molecule has 0 saturated heterocycles. The largest absolute Gasteiger partial charge is 0.469 e. The van der Waals surface area contributed by atoms with Gasteiger partial charge < -0.3 is 14.8 Å². The number of ether oxygens (including phenoxy) is 2. The average molecular weight is 285 g/mol. The Morgan fingerprint density at radius 2 is 2.00 bits per heavy atom. The molecule has 108 valence electrons. The molecule has 5 heteroatoms. The van der Waals surface area contributed by atoms with Crippen LogP contribution < -0.4 is 5.32 Å². The van der Waals surface area contributed by atoms with Crippen LogP contribution in [0, 0.1) is 0 Å². The lowest BCUT2D eigenvalue weighted by atomic mass is 10.2. The third kappa shape index (κ3) is 7.30. The van der Waals surface area contributed by atoms with E-state index in [1.165, 1.54) is 24.8 Å². The zero-order chi connectivity index (χ0) is 13.9. The number of carbonyl (C=O) groups is 1. The Kier molecular flexibility index (Phi) is 8.45. The second-order valence-electron chi connectivity index (χ2n) is 4.35. The molecule has 1 aromatic heterocycles. The van der Waals surface area contributed by atoms with Crippen LogP contribution in [0.25, 0.3) is 0 Å². The fourth-order valence-electron chi connectivity index (χ4n) is 1.71. The molecule has 0 amide bonds. The first-order valence-corrected chi connectivity index (χ1v) is 7.42. The highest BCUT2D eigenvalue weighted by molar-refractivity contribution is 7.12. The molecule has 19 heavy (non-hydrogen) atoms. The maximum absolute atomic E-state index is 11.1. The Hall–Kier alpha value is -0.910. The van der Waals surface area contributed by atoms with Crippen molar-refractivity contribution in [2.75, 3.05) is 27.4 Å². The summed E-state index contributed by atoms with van der Waals surface area (Å²) in [5.41, 5.74) is 0. The van der Waals surface area contributed by atoms with Gasteiger partial charge in [-0.1, -0.05) is 0 Å². The lowest BCUT2D eigenvalue weighted by molar-refractivity contribution is -0.139. The van der Waals surface area contributed by atoms with E-state index in [-0.39, 0.29) is 5.97 Å². The van der Waals surface area contributed by atoms with Crippen LogP contribution in [0.5, 0.6) is 0 Å². The maximum atomic E-state index is 11.1. The van der Waals surface area contributed by atoms with Gasteiger partial charge in [-0.2, -0.15) is 0 Å². The van der Waals surface area contributed by atoms with Crippen molar-refractivity contribution in [3.8, 4) is 0 Å². The third-order valence-corrected chi connectivity index (χ3v) is 3.85. The zero-order valence-corrected chi connectivity index (χ0v) is 12.6. The minimum absolute atomic E-state index is 0.181. The number of carbonyl (C=O) groups excluding carboxylic acids is 1. The monoisotopic (exact) mass is 285 g/mol. The van der Waals surface area contributed by atoms with Crippen molar-refractivity contribution in [3.63, 3.8) is 0 Å². The van der Waals surface area contributed by atoms with Gasteiger partial charge in [-0.15, -0.1) is 11.3 Å². The average Bonchev–Trinajstić information content (AvgIpc) is 2.85. The lowest BCUT2D eigenvalue weighted by Gasteiger charge is -2.03. The predicted octanol–water partition coefficient (Wildman–Crippen LogP) is 2.37. The van der Waals surface area contributed by atoms with Crippen LogP contribution >= 0.6 is 11.3 Å². The van der Waals surface area contributed by atoms with E-state index in [4.69, 9.17) is 4.74 Å². The minimum Gasteiger partial charge on any atom is -0.469 e. The van der Waals surface area contributed by atoms with Crippen LogP contribution in [-0.4, -0.2) is 33.3 Å². The molecule has 0 saturated carbocycles. The van der Waals surface area contributed by atoms with Gasteiger partial charge in [-0.05, 0) is 37.9 Å². The highest BCUT2D eigenvalue weighted by Crippen LogP contribution is 2.17. The van der Waals surface area contributed by atoms with Gasteiger partial charge >= 0.3 is 5.97 Å². The Labute approximate surface area is 119 Å². The van der Waals surface area contributed by atoms with E-state index in [1.54, 1.807) is 18.4 Å². The summed E-state index contributed by atoms with van der Waals surface area (Å²) in [5, 5.41) is 3.41. The molecule has 1 rings (SSSR count). The van der Waals surface area contributed by atoms with Crippen LogP contribution in [0.2, 0.25) is 0 Å². The number of methoxy groups -OCH3 is 2. The van der Waals surface area contributed by atoms with Crippen LogP contribution in [0.15, 0.2) is 12.1 Å². The molecular formula is C14H23NO3S. The quantitative estimate of drug-likeness (QED) is 0.529. The van der Waals surface area contributed by atoms with Crippen molar-refractivity contribution in [1.82, 2.24) is 5.32 Å². The Bertz CT molecular complexity index is 365. The summed E-state index contributed by atoms with van der Waals surface area (Å²) in [4.78, 5) is 13.5. The molecule has 0 unspecified atom stereocenters. The van der Waals surface area contributed by atoms with Gasteiger partial charge in [-0.3, -0.25) is 4.79 Å². The number of hydrogen-bond acceptors (Lipinski definition) is 5. The number of hydrogen-bond donors (Lipinski definition) is 1. The Morgan fingerprint density at radius 1 is 1.21 bits per heavy atom. The smallest absolute Gasteiger partial charge is 0.310 e. The first-order chi connectivity index (χ1) is 9.26. The van der Waals surface area contributed by atoms with Gasteiger partial charge in [0.2, 0.25) is 0 Å². The molecule has 1 aromatic rings. The van der Waals surface area contributed by atoms with Crippen molar-refractivity contribution < 1.29 is 14.3 Å². The minimum atomic E-state index is -0.181. The van der Waals surface area contributed by atoms with Gasteiger partial charge in [0, 0.05) is 30.0 Å². The molecule has 0 aliphatic heterocycles. The third-order valence-electron chi connectivity index (χ3n) is 2.76. The molecular weight excluding hydrogens is 262 g/mol. The second kappa shape index (κ2) is 9.95. The van der Waals surface area contributed by atoms with Crippen LogP contribution in [0.4, 0.5) is 0 Å². The van der Waals surface area contributed by atoms with Gasteiger partial charge in [-0.25, -0.2) is 0 Å². The molecule has 0 fully saturated rings. The molecule has 4 nitrogen and oxygen atoms in total. The molecule has 0 aliphatic carbocycles. The number of rotatable bonds is 10. The number of esters is 1. The van der Waals surface area contributed by atoms with Gasteiger partial charge in [0.15, 0.2) is 0 Å². The highest BCUT2D eigenvalue weighted by Gasteiger charge is 2.05. The molecule has 1 N–H and O–H groups in total. The standard InChI is InChI=1S/C14H23NO3S/c1-17-9-5-3-4-8-15-11-13-7-6-12(19-13)10-14(16)18-2/h6-7,15H,3-5,8-11H2,1-2H3. The normalized spacial score (nSPS) is 10.6. The van der Waals surface area contributed by atoms with Gasteiger partial charge in [0.25, 0.3) is 0 Å². The van der Waals surface area contributed by atoms with Crippen molar-refractivity contribution in [2.24, 2.45) is 0 Å². The fourth-order valence-corrected chi connectivity index (χ4v) is 2.68. The number of unbranched alkanes of at least 4 members (excludes halogenated alkanes) is 2. The molecule has 0 aromatic carbocycles. The van der Waals surface area contributed by atoms with E-state index in [9.17, 15) is 4.79 Å². The van der Waals surface area contributed by atoms with Crippen molar-refractivity contribution in [3.05, 3.63) is 21.9 Å². The molecule has 0 aliphatic rings. The molecule has 1 heterocycles. The fraction of sp³-hybridized carbons (Fsp3) is 0.643. The number of thiophene rings is 1. The van der Waals surface area contributed by atoms with Crippen LogP contribution in [-0.2, 0) is 27.2 Å². The topological polar surface area (TPSA) is 47.6 Å². The number of nitrogens with one attached hydrogen (secondary N) is 1. The summed E-state index contributed by atoms with van der Waals surface area (Å²) in [7, 11) is 3.16. The molecule has 0 spiro atoms. The lowest BCUT2D eigenvalue weighted by Crippen LogP contribution is -2.13. The van der Waals surface area contributed by atoms with Crippen molar-refractivity contribution in [1.29, 1.82) is 0 Å². The van der Waals surface area contributed by atoms with E-state index >= 15 is 0 Å². The summed E-state index contributed by atoms with van der Waals surface area (Å²) in [6.45, 7) is 2.74. The summed E-state index contributed by atoms with van der Waals surface area (Å²) in [5.74, 6) is -0.181. The van der Waals surface area contributed by atoms with Crippen LogP contribution in [0.1, 0.15) is 29.0 Å². The Morgan fingerprint density at radius 3 is 2.74 bits per heavy atom. The van der Waals surface area contributed by atoms with E-state index in [1.807, 2.05) is 6.07 Å². The van der Waals surface area contributed by atoms with Gasteiger partial charge in [0.05, 0.1) is 13.5 Å². The van der Waals surface area contributed by atoms with Gasteiger partial charge in [0.1, 0.15) is 0 Å². The van der Waals surface area contributed by atoms with E-state index < -0.39 is 0 Å². The second-order valence-corrected chi connectivity index (χ2v) is 5.60. The molecule has 0 radical (unpaired) electrons. The molecule has 0 bridgehead atoms. The highest BCUT2D eigenvalue weighted by atomic mass is 32.1. The maximum Gasteiger partial charge on any atom is 0.310 e. The van der Waals surface area contributed by atoms with Crippen LogP contribution in [0.3, 0.4) is 0 Å². The van der Waals surface area contributed by atoms with E-state index in [0.717, 1.165) is 31.0 Å². The summed E-state index contributed by atoms with van der Waals surface area (Å²) in [6.07, 6.45) is 3.86. The molecule has 0 atom stereocenters.